The fourth-order valence-electron chi connectivity index (χ4n) is 6.63. The molecule has 0 fully saturated rings. The summed E-state index contributed by atoms with van der Waals surface area (Å²) in [7, 11) is -7.12. The fraction of sp³-hybridized carbons (Fsp3) is 0.170. The maximum Gasteiger partial charge on any atom is 0.259 e. The van der Waals surface area contributed by atoms with E-state index in [1.165, 1.54) is 49.6 Å². The number of ether oxygens (including phenoxy) is 1. The topological polar surface area (TPSA) is 248 Å². The van der Waals surface area contributed by atoms with Crippen LogP contribution in [0, 0.1) is 13.8 Å². The van der Waals surface area contributed by atoms with E-state index >= 15 is 0 Å². The summed E-state index contributed by atoms with van der Waals surface area (Å²) >= 11 is 0. The molecule has 7 rings (SSSR count). The van der Waals surface area contributed by atoms with Crippen molar-refractivity contribution in [1.82, 2.24) is 0 Å². The normalized spacial score (nSPS) is 10.8. The molecule has 19 heteroatoms. The first-order chi connectivity index (χ1) is 34.3. The van der Waals surface area contributed by atoms with E-state index in [4.69, 9.17) is 4.74 Å². The zero-order chi connectivity index (χ0) is 52.4. The molecule has 2 aromatic heterocycles. The van der Waals surface area contributed by atoms with E-state index in [1.807, 2.05) is 72.0 Å². The molecule has 2 heterocycles. The van der Waals surface area contributed by atoms with E-state index in [9.17, 15) is 45.1 Å². The molecule has 0 atom stereocenters. The zero-order valence-corrected chi connectivity index (χ0v) is 41.8. The third kappa shape index (κ3) is 16.8. The van der Waals surface area contributed by atoms with Crippen LogP contribution in [0.25, 0.3) is 0 Å². The number of nitrogens with zero attached hydrogens (tertiary/aromatic N) is 2. The lowest BCUT2D eigenvalue weighted by Crippen LogP contribution is -2.33. The van der Waals surface area contributed by atoms with Gasteiger partial charge in [0.1, 0.15) is 50.5 Å². The second kappa shape index (κ2) is 25.7. The van der Waals surface area contributed by atoms with Crippen molar-refractivity contribution in [3.05, 3.63) is 198 Å². The quantitative estimate of drug-likeness (QED) is 0.0568. The summed E-state index contributed by atoms with van der Waals surface area (Å²) in [5.41, 5.74) is 5.59. The summed E-state index contributed by atoms with van der Waals surface area (Å²) < 4.78 is 71.8. The monoisotopic (exact) mass is 1010 g/mol. The number of nitrogens with one attached hydrogen (secondary N) is 4. The number of carbonyl (C=O) groups is 4. The van der Waals surface area contributed by atoms with Crippen LogP contribution in [0.3, 0.4) is 0 Å². The van der Waals surface area contributed by atoms with Gasteiger partial charge in [-0.05, 0) is 117 Å². The van der Waals surface area contributed by atoms with Crippen molar-refractivity contribution in [3.8, 4) is 5.75 Å². The molecule has 0 aliphatic carbocycles. The Morgan fingerprint density at radius 3 is 1.22 bits per heavy atom. The maximum atomic E-state index is 13.2. The summed E-state index contributed by atoms with van der Waals surface area (Å²) in [6.45, 7) is 9.52. The molecule has 0 aliphatic heterocycles. The van der Waals surface area contributed by atoms with E-state index in [-0.39, 0.29) is 38.5 Å². The molecule has 4 amide bonds. The van der Waals surface area contributed by atoms with Crippen LogP contribution in [0.2, 0.25) is 0 Å². The molecule has 374 valence electrons. The van der Waals surface area contributed by atoms with Crippen molar-refractivity contribution in [2.75, 3.05) is 28.4 Å². The first-order valence-corrected chi connectivity index (χ1v) is 25.2. The van der Waals surface area contributed by atoms with Crippen molar-refractivity contribution in [3.63, 3.8) is 0 Å². The number of hydrogen-bond acceptors (Lipinski definition) is 11. The minimum absolute atomic E-state index is 0.178. The van der Waals surface area contributed by atoms with Gasteiger partial charge in [-0.2, -0.15) is 0 Å². The highest BCUT2D eigenvalue weighted by molar-refractivity contribution is 7.86. The minimum Gasteiger partial charge on any atom is -0.744 e. The van der Waals surface area contributed by atoms with Gasteiger partial charge in [0, 0.05) is 53.0 Å². The van der Waals surface area contributed by atoms with Crippen LogP contribution in [-0.2, 0) is 33.3 Å². The number of benzene rings is 5. The summed E-state index contributed by atoms with van der Waals surface area (Å²) in [6, 6.07) is 36.6. The number of rotatable bonds is 15. The van der Waals surface area contributed by atoms with Crippen LogP contribution in [-0.4, -0.2) is 56.7 Å². The number of pyridine rings is 2. The molecule has 0 saturated carbocycles. The lowest BCUT2D eigenvalue weighted by Gasteiger charge is -2.12. The van der Waals surface area contributed by atoms with Crippen LogP contribution in [0.15, 0.2) is 174 Å². The molecule has 7 aromatic rings. The van der Waals surface area contributed by atoms with Crippen molar-refractivity contribution < 1.29 is 59.0 Å². The molecule has 0 aliphatic rings. The van der Waals surface area contributed by atoms with Crippen LogP contribution < -0.4 is 35.1 Å². The lowest BCUT2D eigenvalue weighted by atomic mass is 10.1. The van der Waals surface area contributed by atoms with Gasteiger partial charge in [0.05, 0.1) is 22.5 Å². The first kappa shape index (κ1) is 54.8. The molecule has 5 aromatic carbocycles. The average molecular weight is 1020 g/mol. The number of anilines is 4. The average Bonchev–Trinajstić information content (AvgIpc) is 3.34. The molecule has 0 spiro atoms. The molecular weight excluding hydrogens is 961 g/mol. The zero-order valence-electron chi connectivity index (χ0n) is 40.1. The van der Waals surface area contributed by atoms with Gasteiger partial charge in [-0.1, -0.05) is 49.2 Å². The molecule has 72 heavy (non-hydrogen) atoms. The largest absolute Gasteiger partial charge is 0.744 e. The Morgan fingerprint density at radius 1 is 0.486 bits per heavy atom. The van der Waals surface area contributed by atoms with Gasteiger partial charge in [-0.25, -0.2) is 26.0 Å². The van der Waals surface area contributed by atoms with Crippen LogP contribution in [0.4, 0.5) is 22.7 Å². The fourth-order valence-corrected chi connectivity index (χ4v) is 7.57. The van der Waals surface area contributed by atoms with Crippen LogP contribution >= 0.6 is 0 Å². The van der Waals surface area contributed by atoms with E-state index in [1.54, 1.807) is 72.8 Å². The van der Waals surface area contributed by atoms with Gasteiger partial charge < -0.3 is 35.1 Å². The van der Waals surface area contributed by atoms with Gasteiger partial charge in [0.25, 0.3) is 23.6 Å². The minimum atomic E-state index is -4.27. The Bertz CT molecular complexity index is 3150. The molecular formula is C53H54N6O11S2. The lowest BCUT2D eigenvalue weighted by molar-refractivity contribution is -0.696. The SMILES string of the molecule is CCC[n+]1cccc(NC(=O)c2ccc(NC(=O)c3ccc(C(=O)Nc4ccc(C(=O)Nc5ccc[n+](CCC)c5)cc4)c(OC)c3)cc2)c1.Cc1ccc(S(=O)(=O)[O-])cc1.Cc1ccc(S(=O)(=O)[O-])cc1. The molecule has 0 radical (unpaired) electrons. The van der Waals surface area contributed by atoms with Gasteiger partial charge >= 0.3 is 0 Å². The summed E-state index contributed by atoms with van der Waals surface area (Å²) in [4.78, 5) is 51.4. The number of hydrogen-bond donors (Lipinski definition) is 4. The Balaban J connectivity index is 0.000000357. The van der Waals surface area contributed by atoms with E-state index in [2.05, 4.69) is 35.1 Å². The molecule has 0 saturated heterocycles. The molecule has 17 nitrogen and oxygen atoms in total. The number of amides is 4. The predicted octanol–water partition coefficient (Wildman–Crippen LogP) is 7.90. The molecule has 4 N–H and O–H groups in total. The van der Waals surface area contributed by atoms with Gasteiger partial charge in [-0.15, -0.1) is 0 Å². The Labute approximate surface area is 419 Å². The van der Waals surface area contributed by atoms with Gasteiger partial charge in [0.15, 0.2) is 24.8 Å². The summed E-state index contributed by atoms with van der Waals surface area (Å²) in [6.07, 6.45) is 9.63. The van der Waals surface area contributed by atoms with E-state index < -0.39 is 32.1 Å². The van der Waals surface area contributed by atoms with Crippen molar-refractivity contribution in [2.24, 2.45) is 0 Å². The predicted molar refractivity (Wildman–Crippen MR) is 270 cm³/mol. The Hall–Kier alpha value is -8.10. The third-order valence-corrected chi connectivity index (χ3v) is 12.0. The standard InChI is InChI=1S/C39H38N6O5.2C7H8O3S/c1-4-20-44-22-6-8-32(25-44)42-36(46)27-10-15-30(16-11-27)40-38(48)29-14-19-34(35(24-29)50-3)39(49)41-31-17-12-28(13-18-31)37(47)43-33-9-7-23-45(26-33)21-5-2;2*1-6-2-4-7(5-3-6)11(8,9)10/h6-19,22-26H,4-5,20-21H2,1-3H3,(H2-2,40,41,42,43,46,47,48,49);2*2-5H,1H3,(H,8,9,10). The van der Waals surface area contributed by atoms with Crippen molar-refractivity contribution >= 4 is 66.6 Å². The third-order valence-electron chi connectivity index (χ3n) is 10.3. The van der Waals surface area contributed by atoms with E-state index in [0.717, 1.165) is 37.1 Å². The number of aryl methyl sites for hydroxylation is 4. The Kier molecular flexibility index (Phi) is 19.5. The maximum absolute atomic E-state index is 13.2. The van der Waals surface area contributed by atoms with Crippen molar-refractivity contribution in [2.45, 2.75) is 63.4 Å². The highest BCUT2D eigenvalue weighted by Gasteiger charge is 2.18. The second-order valence-electron chi connectivity index (χ2n) is 16.1. The highest BCUT2D eigenvalue weighted by atomic mass is 32.2. The number of aromatic nitrogens is 2. The summed E-state index contributed by atoms with van der Waals surface area (Å²) in [5.74, 6) is -1.18. The van der Waals surface area contributed by atoms with Crippen molar-refractivity contribution in [1.29, 1.82) is 0 Å². The van der Waals surface area contributed by atoms with Gasteiger partial charge in [-0.3, -0.25) is 19.2 Å². The highest BCUT2D eigenvalue weighted by Crippen LogP contribution is 2.24. The second-order valence-corrected chi connectivity index (χ2v) is 18.8. The Morgan fingerprint density at radius 2 is 0.847 bits per heavy atom. The van der Waals surface area contributed by atoms with Crippen LogP contribution in [0.5, 0.6) is 5.75 Å². The summed E-state index contributed by atoms with van der Waals surface area (Å²) in [5, 5.41) is 11.4. The van der Waals surface area contributed by atoms with Crippen LogP contribution in [0.1, 0.15) is 79.2 Å². The van der Waals surface area contributed by atoms with Gasteiger partial charge in [0.2, 0.25) is 0 Å². The number of carbonyl (C=O) groups excluding carboxylic acids is 4. The first-order valence-electron chi connectivity index (χ1n) is 22.4. The van der Waals surface area contributed by atoms with E-state index in [0.29, 0.717) is 33.9 Å². The smallest absolute Gasteiger partial charge is 0.259 e. The molecule has 0 unspecified atom stereocenters. The number of methoxy groups -OCH3 is 1. The molecule has 0 bridgehead atoms.